The van der Waals surface area contributed by atoms with E-state index in [9.17, 15) is 0 Å². The molecule has 3 aliphatic heterocycles. The lowest BCUT2D eigenvalue weighted by Crippen LogP contribution is -2.74. The highest BCUT2D eigenvalue weighted by Crippen LogP contribution is 2.62. The molecule has 1 aliphatic carbocycles. The summed E-state index contributed by atoms with van der Waals surface area (Å²) < 4.78 is 0. The van der Waals surface area contributed by atoms with Crippen LogP contribution >= 0.6 is 0 Å². The quantitative estimate of drug-likeness (QED) is 0.116. The minimum absolute atomic E-state index is 0.0123. The molecule has 2 atom stereocenters. The molecule has 1 saturated carbocycles. The van der Waals surface area contributed by atoms with E-state index in [1.54, 1.807) is 0 Å². The van der Waals surface area contributed by atoms with E-state index in [4.69, 9.17) is 0 Å². The van der Waals surface area contributed by atoms with Crippen LogP contribution < -0.4 is 51.8 Å². The second kappa shape index (κ2) is 19.4. The van der Waals surface area contributed by atoms with Crippen LogP contribution in [0.2, 0.25) is 0 Å². The predicted molar refractivity (Wildman–Crippen MR) is 362 cm³/mol. The van der Waals surface area contributed by atoms with Crippen LogP contribution in [0.25, 0.3) is 0 Å². The maximum atomic E-state index is 2.86. The molecule has 0 spiro atoms. The highest BCUT2D eigenvalue weighted by Gasteiger charge is 2.59. The summed E-state index contributed by atoms with van der Waals surface area (Å²) in [6, 6.07) is 81.5. The Bertz CT molecular complexity index is 3860. The van der Waals surface area contributed by atoms with Crippen molar-refractivity contribution in [3.63, 3.8) is 0 Å². The Hall–Kier alpha value is -7.34. The molecule has 0 aromatic heterocycles. The molecule has 0 amide bonds. The van der Waals surface area contributed by atoms with Gasteiger partial charge >= 0.3 is 0 Å². The van der Waals surface area contributed by atoms with Crippen molar-refractivity contribution in [3.8, 4) is 0 Å². The number of hydrogen-bond donors (Lipinski definition) is 0. The molecule has 13 rings (SSSR count). The lowest BCUT2D eigenvalue weighted by atomic mass is 9.33. The normalized spacial score (nSPS) is 18.5. The van der Waals surface area contributed by atoms with Gasteiger partial charge in [0.05, 0.1) is 5.54 Å². The summed E-state index contributed by atoms with van der Waals surface area (Å²) in [6.07, 6.45) is 4.60. The fraction of sp³-hybridized carbons (Fsp3) is 0.308. The Kier molecular flexibility index (Phi) is 12.8. The molecule has 0 saturated heterocycles. The molecular formula is C78H84BN3Si. The molecule has 1 fully saturated rings. The molecule has 0 bridgehead atoms. The van der Waals surface area contributed by atoms with E-state index in [0.29, 0.717) is 0 Å². The van der Waals surface area contributed by atoms with Crippen LogP contribution in [0.4, 0.5) is 45.5 Å². The average molecular weight is 1100 g/mol. The van der Waals surface area contributed by atoms with Gasteiger partial charge in [-0.15, -0.1) is 0 Å². The lowest BCUT2D eigenvalue weighted by Gasteiger charge is -2.51. The van der Waals surface area contributed by atoms with Crippen molar-refractivity contribution >= 4 is 97.4 Å². The van der Waals surface area contributed by atoms with E-state index in [-0.39, 0.29) is 39.3 Å². The van der Waals surface area contributed by atoms with E-state index in [1.807, 2.05) is 0 Å². The summed E-state index contributed by atoms with van der Waals surface area (Å²) in [5.74, 6) is 0. The third kappa shape index (κ3) is 8.63. The van der Waals surface area contributed by atoms with Gasteiger partial charge in [0.1, 0.15) is 0 Å². The Morgan fingerprint density at radius 2 is 0.855 bits per heavy atom. The third-order valence-electron chi connectivity index (χ3n) is 20.2. The maximum Gasteiger partial charge on any atom is 0.252 e. The van der Waals surface area contributed by atoms with Crippen molar-refractivity contribution in [1.29, 1.82) is 0 Å². The van der Waals surface area contributed by atoms with Gasteiger partial charge in [-0.1, -0.05) is 255 Å². The van der Waals surface area contributed by atoms with Gasteiger partial charge < -0.3 is 14.7 Å². The fourth-order valence-corrected chi connectivity index (χ4v) is 20.0. The zero-order valence-electron chi connectivity index (χ0n) is 51.9. The van der Waals surface area contributed by atoms with E-state index >= 15 is 0 Å². The predicted octanol–water partition coefficient (Wildman–Crippen LogP) is 16.1. The third-order valence-corrected chi connectivity index (χ3v) is 24.9. The minimum Gasteiger partial charge on any atom is -0.334 e. The first-order chi connectivity index (χ1) is 39.4. The van der Waals surface area contributed by atoms with E-state index in [2.05, 4.69) is 318 Å². The van der Waals surface area contributed by atoms with Gasteiger partial charge in [0.25, 0.3) is 6.71 Å². The smallest absolute Gasteiger partial charge is 0.252 e. The summed E-state index contributed by atoms with van der Waals surface area (Å²) in [5.41, 5.74) is 20.3. The number of nitrogens with zero attached hydrogens (tertiary/aromatic N) is 3. The van der Waals surface area contributed by atoms with Gasteiger partial charge in [-0.2, -0.15) is 0 Å². The SMILES string of the molecule is CC(C)(C)c1ccc(N2c3ccc(C(C)(C)C)cc3B3c4ccc(C(C)(C)C)cc4N(c4cccc(C(C)(C)C)c4)c4cc(N5c6ccc([Si](c7ccccc7)(c7ccccc7)c7ccccc7)cc6C6(C)CCCCC56C)cc2c43)cc1. The number of benzene rings is 9. The summed E-state index contributed by atoms with van der Waals surface area (Å²) in [4.78, 5) is 8.19. The second-order valence-electron chi connectivity index (χ2n) is 29.4. The zero-order valence-corrected chi connectivity index (χ0v) is 52.9. The van der Waals surface area contributed by atoms with Crippen molar-refractivity contribution < 1.29 is 0 Å². The van der Waals surface area contributed by atoms with Gasteiger partial charge in [-0.3, -0.25) is 0 Å². The fourth-order valence-electron chi connectivity index (χ4n) is 15.3. The highest BCUT2D eigenvalue weighted by molar-refractivity contribution is 7.20. The summed E-state index contributed by atoms with van der Waals surface area (Å²) in [5, 5.41) is 5.65. The van der Waals surface area contributed by atoms with Gasteiger partial charge in [-0.05, 0) is 161 Å². The largest absolute Gasteiger partial charge is 0.334 e. The van der Waals surface area contributed by atoms with Gasteiger partial charge in [0, 0.05) is 50.9 Å². The van der Waals surface area contributed by atoms with E-state index in [0.717, 1.165) is 12.8 Å². The monoisotopic (exact) mass is 1100 g/mol. The molecule has 9 aromatic rings. The lowest BCUT2D eigenvalue weighted by molar-refractivity contribution is 0.195. The molecular weight excluding hydrogens is 1020 g/mol. The van der Waals surface area contributed by atoms with Crippen molar-refractivity contribution in [1.82, 2.24) is 0 Å². The maximum absolute atomic E-state index is 2.86. The molecule has 83 heavy (non-hydrogen) atoms. The van der Waals surface area contributed by atoms with Crippen LogP contribution in [0.15, 0.2) is 206 Å². The molecule has 3 heterocycles. The number of fused-ring (bicyclic) bond motifs is 7. The number of rotatable bonds is 7. The summed E-state index contributed by atoms with van der Waals surface area (Å²) >= 11 is 0. The first-order valence-electron chi connectivity index (χ1n) is 30.8. The summed E-state index contributed by atoms with van der Waals surface area (Å²) in [7, 11) is -2.85. The van der Waals surface area contributed by atoms with Crippen LogP contribution in [-0.2, 0) is 27.1 Å². The van der Waals surface area contributed by atoms with Gasteiger partial charge in [0.2, 0.25) is 0 Å². The zero-order chi connectivity index (χ0) is 58.2. The topological polar surface area (TPSA) is 9.72 Å². The molecule has 0 radical (unpaired) electrons. The van der Waals surface area contributed by atoms with Crippen LogP contribution in [-0.4, -0.2) is 20.3 Å². The van der Waals surface area contributed by atoms with Crippen LogP contribution in [0, 0.1) is 0 Å². The van der Waals surface area contributed by atoms with Gasteiger partial charge in [0.15, 0.2) is 8.07 Å². The molecule has 418 valence electrons. The van der Waals surface area contributed by atoms with Crippen molar-refractivity contribution in [3.05, 3.63) is 234 Å². The Morgan fingerprint density at radius 1 is 0.361 bits per heavy atom. The molecule has 2 unspecified atom stereocenters. The van der Waals surface area contributed by atoms with E-state index < -0.39 is 8.07 Å². The van der Waals surface area contributed by atoms with Gasteiger partial charge in [-0.25, -0.2) is 0 Å². The number of anilines is 8. The second-order valence-corrected chi connectivity index (χ2v) is 33.2. The van der Waals surface area contributed by atoms with Crippen LogP contribution in [0.1, 0.15) is 150 Å². The molecule has 4 aliphatic rings. The highest BCUT2D eigenvalue weighted by atomic mass is 28.3. The van der Waals surface area contributed by atoms with Crippen molar-refractivity contribution in [2.45, 2.75) is 155 Å². The molecule has 0 N–H and O–H groups in total. The Morgan fingerprint density at radius 3 is 1.42 bits per heavy atom. The average Bonchev–Trinajstić information content (AvgIpc) is 2.16. The minimum atomic E-state index is -2.85. The summed E-state index contributed by atoms with van der Waals surface area (Å²) in [6.45, 7) is 33.5. The molecule has 5 heteroatoms. The molecule has 9 aromatic carbocycles. The molecule has 3 nitrogen and oxygen atoms in total. The standard InChI is InChI=1S/C78H84BN3Si/c1-73(2,3)53-35-39-57(40-36-53)80-68-43-38-55(75(7,8)9)48-66(68)79-65-42-37-56(76(10,11)12)49-69(65)81(58-28-26-27-54(47-58)74(4,5)6)71-51-59(50-70(80)72(71)79)82-67-44-41-63(52-64(67)77(13)45-24-25-46-78(77,82)14)83(60-29-18-15-19-30-60,61-31-20-16-21-32-61)62-33-22-17-23-34-62/h15-23,26-44,47-52H,24-25,45-46H2,1-14H3. The first kappa shape index (κ1) is 54.9. The van der Waals surface area contributed by atoms with Crippen molar-refractivity contribution in [2.24, 2.45) is 0 Å². The van der Waals surface area contributed by atoms with Crippen LogP contribution in [0.5, 0.6) is 0 Å². The van der Waals surface area contributed by atoms with E-state index in [1.165, 1.54) is 123 Å². The number of hydrogen-bond acceptors (Lipinski definition) is 3. The first-order valence-corrected chi connectivity index (χ1v) is 32.8. The van der Waals surface area contributed by atoms with Crippen molar-refractivity contribution in [2.75, 3.05) is 14.7 Å². The Balaban J connectivity index is 1.14. The van der Waals surface area contributed by atoms with Crippen LogP contribution in [0.3, 0.4) is 0 Å². The Labute approximate surface area is 498 Å².